The minimum absolute atomic E-state index is 0.356. The van der Waals surface area contributed by atoms with Crippen LogP contribution in [0.5, 0.6) is 5.75 Å². The van der Waals surface area contributed by atoms with Gasteiger partial charge in [-0.15, -0.1) is 0 Å². The van der Waals surface area contributed by atoms with Crippen molar-refractivity contribution < 1.29 is 9.13 Å². The molecule has 0 aromatic heterocycles. The second-order valence-corrected chi connectivity index (χ2v) is 4.27. The molecule has 4 heteroatoms. The molecule has 0 aliphatic rings. The Morgan fingerprint density at radius 3 is 2.78 bits per heavy atom. The van der Waals surface area contributed by atoms with E-state index in [1.165, 1.54) is 6.07 Å². The van der Waals surface area contributed by atoms with E-state index in [9.17, 15) is 4.39 Å². The van der Waals surface area contributed by atoms with Crippen molar-refractivity contribution >= 4 is 17.3 Å². The van der Waals surface area contributed by atoms with Crippen LogP contribution in [-0.4, -0.2) is 7.11 Å². The Morgan fingerprint density at radius 1 is 1.22 bits per heavy atom. The molecule has 2 rings (SSSR count). The van der Waals surface area contributed by atoms with Crippen molar-refractivity contribution in [1.29, 1.82) is 0 Å². The summed E-state index contributed by atoms with van der Waals surface area (Å²) in [5, 5.41) is 3.41. The molecule has 0 unspecified atom stereocenters. The van der Waals surface area contributed by atoms with Gasteiger partial charge in [-0.1, -0.05) is 23.7 Å². The predicted octanol–water partition coefficient (Wildman–Crippen LogP) is 4.10. The van der Waals surface area contributed by atoms with Gasteiger partial charge < -0.3 is 10.1 Å². The maximum atomic E-state index is 13.5. The summed E-state index contributed by atoms with van der Waals surface area (Å²) in [6.07, 6.45) is 0. The first-order valence-corrected chi connectivity index (χ1v) is 5.88. The van der Waals surface area contributed by atoms with Crippen LogP contribution in [0, 0.1) is 5.82 Å². The largest absolute Gasteiger partial charge is 0.497 e. The van der Waals surface area contributed by atoms with Crippen LogP contribution in [0.1, 0.15) is 5.56 Å². The molecule has 2 nitrogen and oxygen atoms in total. The van der Waals surface area contributed by atoms with Crippen molar-refractivity contribution in [2.45, 2.75) is 6.54 Å². The molecule has 0 aliphatic carbocycles. The number of ether oxygens (including phenoxy) is 1. The van der Waals surface area contributed by atoms with E-state index in [4.69, 9.17) is 16.3 Å². The third-order valence-corrected chi connectivity index (χ3v) is 2.78. The molecule has 2 aromatic carbocycles. The molecule has 94 valence electrons. The zero-order valence-electron chi connectivity index (χ0n) is 9.91. The zero-order chi connectivity index (χ0) is 13.0. The van der Waals surface area contributed by atoms with Gasteiger partial charge in [-0.25, -0.2) is 4.39 Å². The molecule has 0 fully saturated rings. The topological polar surface area (TPSA) is 21.3 Å². The number of benzene rings is 2. The third-order valence-electron chi connectivity index (χ3n) is 2.55. The number of anilines is 1. The van der Waals surface area contributed by atoms with Crippen molar-refractivity contribution in [3.8, 4) is 5.75 Å². The molecule has 0 atom stereocenters. The lowest BCUT2D eigenvalue weighted by Gasteiger charge is -2.09. The predicted molar refractivity (Wildman–Crippen MR) is 71.7 cm³/mol. The van der Waals surface area contributed by atoms with E-state index in [-0.39, 0.29) is 5.82 Å². The van der Waals surface area contributed by atoms with Crippen LogP contribution in [0.2, 0.25) is 5.02 Å². The van der Waals surface area contributed by atoms with Crippen LogP contribution >= 0.6 is 11.6 Å². The van der Waals surface area contributed by atoms with Crippen LogP contribution in [0.15, 0.2) is 42.5 Å². The summed E-state index contributed by atoms with van der Waals surface area (Å²) in [7, 11) is 1.62. The second-order valence-electron chi connectivity index (χ2n) is 3.83. The van der Waals surface area contributed by atoms with Gasteiger partial charge in [0.1, 0.15) is 11.6 Å². The Labute approximate surface area is 110 Å². The minimum atomic E-state index is -0.356. The Morgan fingerprint density at radius 2 is 2.06 bits per heavy atom. The molecule has 2 aromatic rings. The smallest absolute Gasteiger partial charge is 0.147 e. The van der Waals surface area contributed by atoms with Gasteiger partial charge in [-0.2, -0.15) is 0 Å². The normalized spacial score (nSPS) is 10.2. The van der Waals surface area contributed by atoms with Crippen LogP contribution in [0.3, 0.4) is 0 Å². The highest BCUT2D eigenvalue weighted by molar-refractivity contribution is 6.30. The van der Waals surface area contributed by atoms with E-state index in [2.05, 4.69) is 5.32 Å². The van der Waals surface area contributed by atoms with E-state index in [1.807, 2.05) is 24.3 Å². The summed E-state index contributed by atoms with van der Waals surface area (Å²) in [6, 6.07) is 12.2. The van der Waals surface area contributed by atoms with Gasteiger partial charge in [0.25, 0.3) is 0 Å². The van der Waals surface area contributed by atoms with Gasteiger partial charge in [0.2, 0.25) is 0 Å². The standard InChI is InChI=1S/C14H13ClFNO/c1-18-12-4-2-3-10(7-12)9-17-14-6-5-11(15)8-13(14)16/h2-8,17H,9H2,1H3. The highest BCUT2D eigenvalue weighted by Gasteiger charge is 2.02. The fourth-order valence-corrected chi connectivity index (χ4v) is 1.77. The molecule has 1 N–H and O–H groups in total. The third kappa shape index (κ3) is 3.14. The first-order chi connectivity index (χ1) is 8.69. The SMILES string of the molecule is COc1cccc(CNc2ccc(Cl)cc2F)c1. The Balaban J connectivity index is 2.06. The zero-order valence-corrected chi connectivity index (χ0v) is 10.7. The highest BCUT2D eigenvalue weighted by Crippen LogP contribution is 2.20. The maximum Gasteiger partial charge on any atom is 0.147 e. The Bertz CT molecular complexity index is 545. The summed E-state index contributed by atoms with van der Waals surface area (Å²) >= 11 is 5.69. The number of methoxy groups -OCH3 is 1. The molecule has 0 heterocycles. The summed E-state index contributed by atoms with van der Waals surface area (Å²) in [4.78, 5) is 0. The van der Waals surface area contributed by atoms with E-state index < -0.39 is 0 Å². The minimum Gasteiger partial charge on any atom is -0.497 e. The van der Waals surface area contributed by atoms with Gasteiger partial charge in [0, 0.05) is 11.6 Å². The molecule has 18 heavy (non-hydrogen) atoms. The van der Waals surface area contributed by atoms with E-state index in [1.54, 1.807) is 19.2 Å². The van der Waals surface area contributed by atoms with Crippen LogP contribution in [-0.2, 0) is 6.54 Å². The fourth-order valence-electron chi connectivity index (χ4n) is 1.61. The highest BCUT2D eigenvalue weighted by atomic mass is 35.5. The molecule has 0 spiro atoms. The van der Waals surface area contributed by atoms with E-state index >= 15 is 0 Å². The van der Waals surface area contributed by atoms with Gasteiger partial charge >= 0.3 is 0 Å². The first-order valence-electron chi connectivity index (χ1n) is 5.51. The summed E-state index contributed by atoms with van der Waals surface area (Å²) in [5.41, 5.74) is 1.45. The first kappa shape index (κ1) is 12.7. The molecular formula is C14H13ClFNO. The Hall–Kier alpha value is -1.74. The van der Waals surface area contributed by atoms with Crippen LogP contribution < -0.4 is 10.1 Å². The van der Waals surface area contributed by atoms with Gasteiger partial charge in [-0.3, -0.25) is 0 Å². The monoisotopic (exact) mass is 265 g/mol. The summed E-state index contributed by atoms with van der Waals surface area (Å²) < 4.78 is 18.7. The van der Waals surface area contributed by atoms with Crippen LogP contribution in [0.25, 0.3) is 0 Å². The number of hydrogen-bond acceptors (Lipinski definition) is 2. The van der Waals surface area contributed by atoms with Gasteiger partial charge in [0.05, 0.1) is 12.8 Å². The molecule has 0 aliphatic heterocycles. The lowest BCUT2D eigenvalue weighted by molar-refractivity contribution is 0.414. The molecule has 0 saturated carbocycles. The number of halogens is 2. The average Bonchev–Trinajstić information content (AvgIpc) is 2.38. The van der Waals surface area contributed by atoms with E-state index in [0.717, 1.165) is 11.3 Å². The molecular weight excluding hydrogens is 253 g/mol. The lowest BCUT2D eigenvalue weighted by atomic mass is 10.2. The average molecular weight is 266 g/mol. The second kappa shape index (κ2) is 5.74. The van der Waals surface area contributed by atoms with Crippen molar-refractivity contribution in [2.24, 2.45) is 0 Å². The van der Waals surface area contributed by atoms with Crippen molar-refractivity contribution in [2.75, 3.05) is 12.4 Å². The van der Waals surface area contributed by atoms with Crippen LogP contribution in [0.4, 0.5) is 10.1 Å². The van der Waals surface area contributed by atoms with Gasteiger partial charge in [-0.05, 0) is 35.9 Å². The van der Waals surface area contributed by atoms with Gasteiger partial charge in [0.15, 0.2) is 0 Å². The molecule has 0 amide bonds. The quantitative estimate of drug-likeness (QED) is 0.899. The molecule has 0 saturated heterocycles. The summed E-state index contributed by atoms with van der Waals surface area (Å²) in [5.74, 6) is 0.427. The molecule has 0 bridgehead atoms. The number of rotatable bonds is 4. The number of nitrogens with one attached hydrogen (secondary N) is 1. The van der Waals surface area contributed by atoms with E-state index in [0.29, 0.717) is 17.3 Å². The summed E-state index contributed by atoms with van der Waals surface area (Å²) in [6.45, 7) is 0.524. The number of hydrogen-bond donors (Lipinski definition) is 1. The Kier molecular flexibility index (Phi) is 4.05. The fraction of sp³-hybridized carbons (Fsp3) is 0.143. The van der Waals surface area contributed by atoms with Crippen molar-refractivity contribution in [1.82, 2.24) is 0 Å². The van der Waals surface area contributed by atoms with Crippen molar-refractivity contribution in [3.05, 3.63) is 58.9 Å². The molecule has 0 radical (unpaired) electrons. The lowest BCUT2D eigenvalue weighted by Crippen LogP contribution is -2.01. The van der Waals surface area contributed by atoms with Crippen molar-refractivity contribution in [3.63, 3.8) is 0 Å². The maximum absolute atomic E-state index is 13.5.